The highest BCUT2D eigenvalue weighted by Crippen LogP contribution is 2.32. The molecular formula is C22H26N4O3. The Hall–Kier alpha value is -2.70. The summed E-state index contributed by atoms with van der Waals surface area (Å²) >= 11 is 0. The van der Waals surface area contributed by atoms with Crippen LogP contribution in [0.1, 0.15) is 54.4 Å². The molecule has 2 fully saturated rings. The third-order valence-corrected chi connectivity index (χ3v) is 6.57. The largest absolute Gasteiger partial charge is 0.342 e. The number of anilines is 1. The fourth-order valence-corrected chi connectivity index (χ4v) is 4.93. The SMILES string of the molecule is Cc1noc(C2CCN(C(=O)[C@@H]3CC(=O)N(c4ccc5c(c4)CCC5)C3)CC2)n1. The van der Waals surface area contributed by atoms with Gasteiger partial charge in [-0.05, 0) is 62.3 Å². The van der Waals surface area contributed by atoms with Crippen LogP contribution in [0.2, 0.25) is 0 Å². The maximum Gasteiger partial charge on any atom is 0.229 e. The first-order valence-corrected chi connectivity index (χ1v) is 10.6. The number of hydrogen-bond donors (Lipinski definition) is 0. The molecule has 7 heteroatoms. The lowest BCUT2D eigenvalue weighted by atomic mass is 9.95. The van der Waals surface area contributed by atoms with E-state index in [1.54, 1.807) is 4.90 Å². The third kappa shape index (κ3) is 3.43. The molecule has 2 aromatic rings. The Kier molecular flexibility index (Phi) is 4.60. The second kappa shape index (κ2) is 7.28. The van der Waals surface area contributed by atoms with Gasteiger partial charge in [0.25, 0.3) is 0 Å². The molecule has 152 valence electrons. The first-order valence-electron chi connectivity index (χ1n) is 10.6. The van der Waals surface area contributed by atoms with Crippen molar-refractivity contribution in [2.24, 2.45) is 5.92 Å². The van der Waals surface area contributed by atoms with Gasteiger partial charge in [0, 0.05) is 37.7 Å². The number of carbonyl (C=O) groups excluding carboxylic acids is 2. The summed E-state index contributed by atoms with van der Waals surface area (Å²) in [6.45, 7) is 3.65. The summed E-state index contributed by atoms with van der Waals surface area (Å²) in [4.78, 5) is 33.7. The predicted octanol–water partition coefficient (Wildman–Crippen LogP) is 2.63. The van der Waals surface area contributed by atoms with Crippen LogP contribution in [-0.4, -0.2) is 46.5 Å². The summed E-state index contributed by atoms with van der Waals surface area (Å²) in [5.41, 5.74) is 3.69. The molecule has 3 heterocycles. The number of nitrogens with zero attached hydrogens (tertiary/aromatic N) is 4. The molecule has 0 bridgehead atoms. The van der Waals surface area contributed by atoms with Gasteiger partial charge in [-0.3, -0.25) is 9.59 Å². The quantitative estimate of drug-likeness (QED) is 0.800. The number of likely N-dealkylation sites (tertiary alicyclic amines) is 1. The van der Waals surface area contributed by atoms with Gasteiger partial charge in [0.2, 0.25) is 17.7 Å². The molecule has 2 amide bonds. The number of hydrogen-bond acceptors (Lipinski definition) is 5. The standard InChI is InChI=1S/C22H26N4O3/c1-14-23-21(29-24-14)16-7-9-25(10-8-16)22(28)18-12-20(27)26(13-18)19-6-5-15-3-2-4-17(15)11-19/h5-6,11,16,18H,2-4,7-10,12-13H2,1H3/t18-/m1/s1. The van der Waals surface area contributed by atoms with E-state index >= 15 is 0 Å². The summed E-state index contributed by atoms with van der Waals surface area (Å²) in [6, 6.07) is 6.32. The minimum atomic E-state index is -0.252. The highest BCUT2D eigenvalue weighted by Gasteiger charge is 2.38. The number of amides is 2. The molecule has 2 saturated heterocycles. The Bertz CT molecular complexity index is 945. The smallest absolute Gasteiger partial charge is 0.229 e. The molecule has 0 spiro atoms. The molecule has 2 aliphatic heterocycles. The maximum atomic E-state index is 13.1. The summed E-state index contributed by atoms with van der Waals surface area (Å²) in [5.74, 6) is 1.44. The lowest BCUT2D eigenvalue weighted by Crippen LogP contribution is -2.42. The number of fused-ring (bicyclic) bond motifs is 1. The Morgan fingerprint density at radius 1 is 1.17 bits per heavy atom. The summed E-state index contributed by atoms with van der Waals surface area (Å²) in [7, 11) is 0. The average molecular weight is 394 g/mol. The highest BCUT2D eigenvalue weighted by molar-refractivity contribution is 6.00. The zero-order valence-electron chi connectivity index (χ0n) is 16.8. The first kappa shape index (κ1) is 18.3. The zero-order valence-corrected chi connectivity index (χ0v) is 16.8. The van der Waals surface area contributed by atoms with Crippen molar-refractivity contribution >= 4 is 17.5 Å². The van der Waals surface area contributed by atoms with Crippen LogP contribution in [0.3, 0.4) is 0 Å². The fraction of sp³-hybridized carbons (Fsp3) is 0.545. The van der Waals surface area contributed by atoms with E-state index in [0.29, 0.717) is 37.8 Å². The zero-order chi connectivity index (χ0) is 20.0. The lowest BCUT2D eigenvalue weighted by molar-refractivity contribution is -0.136. The van der Waals surface area contributed by atoms with E-state index < -0.39 is 0 Å². The van der Waals surface area contributed by atoms with Crippen molar-refractivity contribution in [3.05, 3.63) is 41.0 Å². The van der Waals surface area contributed by atoms with Gasteiger partial charge in [-0.15, -0.1) is 0 Å². The lowest BCUT2D eigenvalue weighted by Gasteiger charge is -2.32. The van der Waals surface area contributed by atoms with Crippen LogP contribution in [0.5, 0.6) is 0 Å². The maximum absolute atomic E-state index is 13.1. The number of aromatic nitrogens is 2. The topological polar surface area (TPSA) is 79.5 Å². The van der Waals surface area contributed by atoms with Gasteiger partial charge in [-0.25, -0.2) is 0 Å². The molecule has 1 aromatic carbocycles. The van der Waals surface area contributed by atoms with Gasteiger partial charge in [-0.1, -0.05) is 11.2 Å². The minimum absolute atomic E-state index is 0.0533. The summed E-state index contributed by atoms with van der Waals surface area (Å²) in [5, 5.41) is 3.87. The summed E-state index contributed by atoms with van der Waals surface area (Å²) < 4.78 is 5.29. The molecule has 1 aromatic heterocycles. The van der Waals surface area contributed by atoms with Crippen LogP contribution in [0, 0.1) is 12.8 Å². The molecule has 3 aliphatic rings. The Balaban J connectivity index is 1.22. The molecule has 0 unspecified atom stereocenters. The van der Waals surface area contributed by atoms with E-state index in [4.69, 9.17) is 4.52 Å². The Labute approximate surface area is 170 Å². The monoisotopic (exact) mass is 394 g/mol. The predicted molar refractivity (Wildman–Crippen MR) is 107 cm³/mol. The van der Waals surface area contributed by atoms with E-state index in [1.807, 2.05) is 17.9 Å². The highest BCUT2D eigenvalue weighted by atomic mass is 16.5. The first-order chi connectivity index (χ1) is 14.1. The van der Waals surface area contributed by atoms with E-state index in [9.17, 15) is 9.59 Å². The fourth-order valence-electron chi connectivity index (χ4n) is 4.93. The van der Waals surface area contributed by atoms with E-state index in [-0.39, 0.29) is 23.7 Å². The van der Waals surface area contributed by atoms with Crippen LogP contribution in [-0.2, 0) is 22.4 Å². The molecule has 1 atom stereocenters. The van der Waals surface area contributed by atoms with E-state index in [0.717, 1.165) is 31.4 Å². The minimum Gasteiger partial charge on any atom is -0.342 e. The van der Waals surface area contributed by atoms with Gasteiger partial charge >= 0.3 is 0 Å². The van der Waals surface area contributed by atoms with Crippen molar-refractivity contribution in [3.8, 4) is 0 Å². The summed E-state index contributed by atoms with van der Waals surface area (Å²) in [6.07, 6.45) is 5.35. The molecule has 5 rings (SSSR count). The number of rotatable bonds is 3. The van der Waals surface area contributed by atoms with Gasteiger partial charge in [-0.2, -0.15) is 4.98 Å². The molecule has 0 radical (unpaired) electrons. The molecule has 29 heavy (non-hydrogen) atoms. The van der Waals surface area contributed by atoms with Crippen molar-refractivity contribution in [3.63, 3.8) is 0 Å². The van der Waals surface area contributed by atoms with Crippen molar-refractivity contribution in [2.75, 3.05) is 24.5 Å². The van der Waals surface area contributed by atoms with Crippen molar-refractivity contribution in [2.45, 2.75) is 51.4 Å². The molecule has 1 aliphatic carbocycles. The van der Waals surface area contributed by atoms with Crippen molar-refractivity contribution in [1.29, 1.82) is 0 Å². The molecule has 7 nitrogen and oxygen atoms in total. The van der Waals surface area contributed by atoms with Crippen molar-refractivity contribution in [1.82, 2.24) is 15.0 Å². The van der Waals surface area contributed by atoms with Crippen LogP contribution in [0.4, 0.5) is 5.69 Å². The van der Waals surface area contributed by atoms with E-state index in [2.05, 4.69) is 22.3 Å². The molecule has 0 saturated carbocycles. The van der Waals surface area contributed by atoms with Crippen LogP contribution < -0.4 is 4.90 Å². The number of benzene rings is 1. The van der Waals surface area contributed by atoms with Crippen LogP contribution in [0.15, 0.2) is 22.7 Å². The van der Waals surface area contributed by atoms with Gasteiger partial charge in [0.1, 0.15) is 0 Å². The number of piperidine rings is 1. The molecule has 0 N–H and O–H groups in total. The van der Waals surface area contributed by atoms with Gasteiger partial charge < -0.3 is 14.3 Å². The second-order valence-corrected chi connectivity index (χ2v) is 8.49. The third-order valence-electron chi connectivity index (χ3n) is 6.57. The number of aryl methyl sites for hydroxylation is 3. The molecular weight excluding hydrogens is 368 g/mol. The Morgan fingerprint density at radius 3 is 2.72 bits per heavy atom. The van der Waals surface area contributed by atoms with E-state index in [1.165, 1.54) is 17.5 Å². The van der Waals surface area contributed by atoms with Gasteiger partial charge in [0.15, 0.2) is 5.82 Å². The second-order valence-electron chi connectivity index (χ2n) is 8.49. The normalized spacial score (nSPS) is 22.4. The van der Waals surface area contributed by atoms with Crippen LogP contribution in [0.25, 0.3) is 0 Å². The Morgan fingerprint density at radius 2 is 1.97 bits per heavy atom. The van der Waals surface area contributed by atoms with Gasteiger partial charge in [0.05, 0.1) is 5.92 Å². The van der Waals surface area contributed by atoms with Crippen LogP contribution >= 0.6 is 0 Å². The average Bonchev–Trinajstić information content (AvgIpc) is 3.46. The van der Waals surface area contributed by atoms with Crippen molar-refractivity contribution < 1.29 is 14.1 Å². The number of carbonyl (C=O) groups is 2.